The van der Waals surface area contributed by atoms with Gasteiger partial charge in [0.2, 0.25) is 5.16 Å². The highest BCUT2D eigenvalue weighted by molar-refractivity contribution is 7.99. The van der Waals surface area contributed by atoms with E-state index in [0.717, 1.165) is 35.1 Å². The fourth-order valence-corrected chi connectivity index (χ4v) is 3.98. The highest BCUT2D eigenvalue weighted by Gasteiger charge is 2.12. The van der Waals surface area contributed by atoms with Gasteiger partial charge in [0.15, 0.2) is 11.5 Å². The Hall–Kier alpha value is -2.00. The second-order valence-electron chi connectivity index (χ2n) is 6.36. The van der Waals surface area contributed by atoms with Crippen molar-refractivity contribution in [3.05, 3.63) is 53.1 Å². The van der Waals surface area contributed by atoms with E-state index in [1.807, 2.05) is 56.3 Å². The molecule has 0 unspecified atom stereocenters. The van der Waals surface area contributed by atoms with Gasteiger partial charge in [0, 0.05) is 12.3 Å². The van der Waals surface area contributed by atoms with Gasteiger partial charge >= 0.3 is 0 Å². The van der Waals surface area contributed by atoms with Crippen LogP contribution >= 0.6 is 35.8 Å². The Kier molecular flexibility index (Phi) is 10.9. The fraction of sp³-hybridized carbons (Fsp3) is 0.381. The highest BCUT2D eigenvalue weighted by Crippen LogP contribution is 2.36. The topological polar surface area (TPSA) is 74.1 Å². The van der Waals surface area contributed by atoms with Gasteiger partial charge in [0.25, 0.3) is 0 Å². The van der Waals surface area contributed by atoms with Crippen LogP contribution < -0.4 is 14.8 Å². The number of hydrogen-bond donors (Lipinski definition) is 1. The van der Waals surface area contributed by atoms with Crippen LogP contribution in [0.3, 0.4) is 0 Å². The van der Waals surface area contributed by atoms with Crippen LogP contribution in [0.25, 0.3) is 5.69 Å². The maximum absolute atomic E-state index is 6.38. The van der Waals surface area contributed by atoms with Gasteiger partial charge in [-0.15, -0.1) is 17.5 Å². The third-order valence-electron chi connectivity index (χ3n) is 4.16. The minimum Gasteiger partial charge on any atom is -0.490 e. The first-order valence-corrected chi connectivity index (χ1v) is 11.3. The van der Waals surface area contributed by atoms with Crippen LogP contribution in [0.4, 0.5) is 0 Å². The first kappa shape index (κ1) is 25.3. The van der Waals surface area contributed by atoms with Crippen LogP contribution in [0, 0.1) is 0 Å². The Labute approximate surface area is 198 Å². The number of thioether (sulfide) groups is 1. The number of nitrogens with one attached hydrogen (secondary N) is 1. The summed E-state index contributed by atoms with van der Waals surface area (Å²) in [6.45, 7) is 6.56. The molecular weight excluding hydrogens is 457 g/mol. The quantitative estimate of drug-likeness (QED) is 0.292. The van der Waals surface area contributed by atoms with Crippen LogP contribution in [-0.4, -0.2) is 45.7 Å². The zero-order chi connectivity index (χ0) is 21.2. The normalized spacial score (nSPS) is 10.5. The molecule has 0 saturated carbocycles. The van der Waals surface area contributed by atoms with E-state index in [2.05, 4.69) is 20.8 Å². The van der Waals surface area contributed by atoms with E-state index in [-0.39, 0.29) is 12.4 Å². The number of para-hydroxylation sites is 1. The van der Waals surface area contributed by atoms with Crippen LogP contribution in [-0.2, 0) is 6.54 Å². The molecule has 1 N–H and O–H groups in total. The summed E-state index contributed by atoms with van der Waals surface area (Å²) in [6.07, 6.45) is 0.982. The molecule has 0 amide bonds. The van der Waals surface area contributed by atoms with Gasteiger partial charge in [-0.3, -0.25) is 0 Å². The van der Waals surface area contributed by atoms with Crippen LogP contribution in [0.1, 0.15) is 25.8 Å². The summed E-state index contributed by atoms with van der Waals surface area (Å²) in [4.78, 5) is 0. The SMILES string of the molecule is CCOc1cc(CNCCCSc2nnnn2-c2ccccc2)cc(Cl)c1OCC.Cl. The maximum Gasteiger partial charge on any atom is 0.214 e. The van der Waals surface area contributed by atoms with Gasteiger partial charge in [0.05, 0.1) is 23.9 Å². The van der Waals surface area contributed by atoms with Crippen LogP contribution in [0.2, 0.25) is 5.02 Å². The molecule has 1 heterocycles. The van der Waals surface area contributed by atoms with Crippen LogP contribution in [0.5, 0.6) is 11.5 Å². The molecular formula is C21H27Cl2N5O2S. The number of hydrogen-bond acceptors (Lipinski definition) is 7. The molecule has 2 aromatic carbocycles. The highest BCUT2D eigenvalue weighted by atomic mass is 35.5. The lowest BCUT2D eigenvalue weighted by molar-refractivity contribution is 0.287. The van der Waals surface area contributed by atoms with Gasteiger partial charge in [-0.25, -0.2) is 0 Å². The number of nitrogens with zero attached hydrogens (tertiary/aromatic N) is 4. The van der Waals surface area contributed by atoms with E-state index in [4.69, 9.17) is 21.1 Å². The predicted octanol–water partition coefficient (Wildman–Crippen LogP) is 4.81. The molecule has 0 atom stereocenters. The second-order valence-corrected chi connectivity index (χ2v) is 7.83. The molecule has 0 aliphatic heterocycles. The van der Waals surface area contributed by atoms with E-state index in [1.54, 1.807) is 16.4 Å². The molecule has 0 spiro atoms. The van der Waals surface area contributed by atoms with Crippen molar-refractivity contribution in [1.82, 2.24) is 25.5 Å². The zero-order valence-electron chi connectivity index (χ0n) is 17.6. The molecule has 0 fully saturated rings. The lowest BCUT2D eigenvalue weighted by atomic mass is 10.2. The summed E-state index contributed by atoms with van der Waals surface area (Å²) in [5.74, 6) is 2.21. The average Bonchev–Trinajstić information content (AvgIpc) is 3.22. The predicted molar refractivity (Wildman–Crippen MR) is 127 cm³/mol. The third kappa shape index (κ3) is 7.28. The summed E-state index contributed by atoms with van der Waals surface area (Å²) in [5, 5.41) is 16.8. The molecule has 0 bridgehead atoms. The molecule has 1 aromatic heterocycles. The van der Waals surface area contributed by atoms with E-state index >= 15 is 0 Å². The molecule has 0 saturated heterocycles. The van der Waals surface area contributed by atoms with Crippen LogP contribution in [0.15, 0.2) is 47.6 Å². The van der Waals surface area contributed by atoms with Crippen molar-refractivity contribution in [3.63, 3.8) is 0 Å². The van der Waals surface area contributed by atoms with Crippen molar-refractivity contribution < 1.29 is 9.47 Å². The van der Waals surface area contributed by atoms with Crippen molar-refractivity contribution in [2.24, 2.45) is 0 Å². The lowest BCUT2D eigenvalue weighted by Crippen LogP contribution is -2.15. The fourth-order valence-electron chi connectivity index (χ4n) is 2.86. The third-order valence-corrected chi connectivity index (χ3v) is 5.44. The first-order valence-electron chi connectivity index (χ1n) is 9.98. The number of aromatic nitrogens is 4. The van der Waals surface area contributed by atoms with Gasteiger partial charge in [-0.05, 0) is 67.1 Å². The minimum atomic E-state index is 0. The van der Waals surface area contributed by atoms with Crippen molar-refractivity contribution in [1.29, 1.82) is 0 Å². The number of benzene rings is 2. The summed E-state index contributed by atoms with van der Waals surface area (Å²) >= 11 is 8.02. The summed E-state index contributed by atoms with van der Waals surface area (Å²) in [5.41, 5.74) is 2.02. The van der Waals surface area contributed by atoms with Crippen molar-refractivity contribution in [2.75, 3.05) is 25.5 Å². The molecule has 3 aromatic rings. The summed E-state index contributed by atoms with van der Waals surface area (Å²) < 4.78 is 13.1. The molecule has 0 aliphatic rings. The van der Waals surface area contributed by atoms with Gasteiger partial charge in [-0.2, -0.15) is 4.68 Å². The molecule has 10 heteroatoms. The van der Waals surface area contributed by atoms with Gasteiger partial charge in [-0.1, -0.05) is 41.6 Å². The Morgan fingerprint density at radius 1 is 1.10 bits per heavy atom. The number of halogens is 2. The molecule has 31 heavy (non-hydrogen) atoms. The standard InChI is InChI=1S/C21H26ClN5O2S.ClH/c1-3-28-19-14-16(13-18(22)20(19)29-4-2)15-23-11-8-12-30-21-24-25-26-27(21)17-9-6-5-7-10-17;/h5-7,9-10,13-14,23H,3-4,8,11-12,15H2,1-2H3;1H. The summed E-state index contributed by atoms with van der Waals surface area (Å²) in [7, 11) is 0. The molecule has 0 aliphatic carbocycles. The van der Waals surface area contributed by atoms with E-state index < -0.39 is 0 Å². The van der Waals surface area contributed by atoms with E-state index in [0.29, 0.717) is 36.3 Å². The molecule has 168 valence electrons. The van der Waals surface area contributed by atoms with Gasteiger partial charge in [0.1, 0.15) is 0 Å². The van der Waals surface area contributed by atoms with Gasteiger partial charge < -0.3 is 14.8 Å². The number of rotatable bonds is 12. The molecule has 0 radical (unpaired) electrons. The molecule has 7 nitrogen and oxygen atoms in total. The monoisotopic (exact) mass is 483 g/mol. The first-order chi connectivity index (χ1) is 14.7. The Bertz CT molecular complexity index is 927. The van der Waals surface area contributed by atoms with E-state index in [1.165, 1.54) is 0 Å². The Morgan fingerprint density at radius 2 is 1.87 bits per heavy atom. The summed E-state index contributed by atoms with van der Waals surface area (Å²) in [6, 6.07) is 13.8. The second kappa shape index (κ2) is 13.4. The largest absolute Gasteiger partial charge is 0.490 e. The average molecular weight is 484 g/mol. The maximum atomic E-state index is 6.38. The van der Waals surface area contributed by atoms with E-state index in [9.17, 15) is 0 Å². The number of tetrazole rings is 1. The number of ether oxygens (including phenoxy) is 2. The van der Waals surface area contributed by atoms with Crippen molar-refractivity contribution >= 4 is 35.8 Å². The smallest absolute Gasteiger partial charge is 0.214 e. The Balaban J connectivity index is 0.00000341. The lowest BCUT2D eigenvalue weighted by Gasteiger charge is -2.14. The Morgan fingerprint density at radius 3 is 2.61 bits per heavy atom. The van der Waals surface area contributed by atoms with Crippen molar-refractivity contribution in [2.45, 2.75) is 32.0 Å². The minimum absolute atomic E-state index is 0. The van der Waals surface area contributed by atoms with Crippen molar-refractivity contribution in [3.8, 4) is 17.2 Å². The zero-order valence-corrected chi connectivity index (χ0v) is 20.0. The molecule has 3 rings (SSSR count).